The van der Waals surface area contributed by atoms with Gasteiger partial charge in [-0.2, -0.15) is 0 Å². The van der Waals surface area contributed by atoms with Gasteiger partial charge in [0.1, 0.15) is 11.1 Å². The fourth-order valence-corrected chi connectivity index (χ4v) is 3.56. The lowest BCUT2D eigenvalue weighted by Gasteiger charge is -2.14. The molecule has 0 aliphatic heterocycles. The molecule has 1 aromatic heterocycles. The molecule has 0 saturated heterocycles. The molecule has 2 N–H and O–H groups in total. The summed E-state index contributed by atoms with van der Waals surface area (Å²) in [6.45, 7) is 3.08. The molecular formula is C19H21FN2O4S2. The van der Waals surface area contributed by atoms with Crippen LogP contribution in [-0.2, 0) is 19.1 Å². The number of hydrogen-bond donors (Lipinski definition) is 2. The fraction of sp³-hybridized carbons (Fsp3) is 0.316. The number of benzene rings is 1. The number of thiophene rings is 1. The summed E-state index contributed by atoms with van der Waals surface area (Å²) in [4.78, 5) is 36.8. The predicted octanol–water partition coefficient (Wildman–Crippen LogP) is 3.37. The molecule has 28 heavy (non-hydrogen) atoms. The molecule has 0 bridgehead atoms. The number of hydrogen-bond acceptors (Lipinski definition) is 6. The summed E-state index contributed by atoms with van der Waals surface area (Å²) < 4.78 is 17.8. The largest absolute Gasteiger partial charge is 0.455 e. The maximum absolute atomic E-state index is 12.8. The standard InChI is InChI=1S/C19H21FN2O4S2/c1-12(16-4-3-9-27-16)21-17(23)10-26-19(25)13(2)28-11-18(24)22-15-7-5-14(20)6-8-15/h3-9,12-13H,10-11H2,1-2H3,(H,21,23)(H,22,24)/t12-,13+/m1/s1. The van der Waals surface area contributed by atoms with Gasteiger partial charge < -0.3 is 15.4 Å². The summed E-state index contributed by atoms with van der Waals surface area (Å²) in [5, 5.41) is 6.67. The Morgan fingerprint density at radius 1 is 1.14 bits per heavy atom. The Balaban J connectivity index is 1.66. The van der Waals surface area contributed by atoms with Crippen LogP contribution < -0.4 is 10.6 Å². The van der Waals surface area contributed by atoms with E-state index in [4.69, 9.17) is 4.74 Å². The highest BCUT2D eigenvalue weighted by molar-refractivity contribution is 8.01. The second kappa shape index (κ2) is 10.8. The zero-order chi connectivity index (χ0) is 20.5. The molecule has 2 amide bonds. The number of carbonyl (C=O) groups is 3. The predicted molar refractivity (Wildman–Crippen MR) is 109 cm³/mol. The number of thioether (sulfide) groups is 1. The third-order valence-corrected chi connectivity index (χ3v) is 5.79. The topological polar surface area (TPSA) is 84.5 Å². The Bertz CT molecular complexity index is 797. The van der Waals surface area contributed by atoms with Crippen molar-refractivity contribution >= 4 is 46.6 Å². The highest BCUT2D eigenvalue weighted by atomic mass is 32.2. The summed E-state index contributed by atoms with van der Waals surface area (Å²) >= 11 is 2.62. The molecule has 1 heterocycles. The highest BCUT2D eigenvalue weighted by Gasteiger charge is 2.19. The molecule has 9 heteroatoms. The first-order chi connectivity index (χ1) is 13.3. The number of ether oxygens (including phenoxy) is 1. The van der Waals surface area contributed by atoms with Crippen LogP contribution in [0.15, 0.2) is 41.8 Å². The van der Waals surface area contributed by atoms with E-state index in [1.165, 1.54) is 35.6 Å². The van der Waals surface area contributed by atoms with Crippen LogP contribution in [0.3, 0.4) is 0 Å². The van der Waals surface area contributed by atoms with E-state index in [-0.39, 0.29) is 30.2 Å². The summed E-state index contributed by atoms with van der Waals surface area (Å²) in [6.07, 6.45) is 0. The van der Waals surface area contributed by atoms with Crippen LogP contribution >= 0.6 is 23.1 Å². The van der Waals surface area contributed by atoms with Crippen LogP contribution in [0.1, 0.15) is 24.8 Å². The van der Waals surface area contributed by atoms with Gasteiger partial charge in [0, 0.05) is 10.6 Å². The molecule has 0 fully saturated rings. The molecule has 0 saturated carbocycles. The molecule has 0 aliphatic rings. The van der Waals surface area contributed by atoms with Crippen LogP contribution in [0.5, 0.6) is 0 Å². The molecule has 0 aliphatic carbocycles. The first-order valence-electron chi connectivity index (χ1n) is 8.51. The van der Waals surface area contributed by atoms with Crippen molar-refractivity contribution in [1.29, 1.82) is 0 Å². The van der Waals surface area contributed by atoms with Crippen molar-refractivity contribution < 1.29 is 23.5 Å². The Morgan fingerprint density at radius 2 is 1.86 bits per heavy atom. The number of halogens is 1. The van der Waals surface area contributed by atoms with Gasteiger partial charge in [0.2, 0.25) is 5.91 Å². The number of amides is 2. The van der Waals surface area contributed by atoms with E-state index < -0.39 is 17.0 Å². The zero-order valence-corrected chi connectivity index (χ0v) is 17.1. The van der Waals surface area contributed by atoms with Gasteiger partial charge in [-0.15, -0.1) is 23.1 Å². The molecular weight excluding hydrogens is 403 g/mol. The number of carbonyl (C=O) groups excluding carboxylic acids is 3. The van der Waals surface area contributed by atoms with Crippen LogP contribution in [0.2, 0.25) is 0 Å². The minimum Gasteiger partial charge on any atom is -0.455 e. The number of anilines is 1. The van der Waals surface area contributed by atoms with E-state index in [1.807, 2.05) is 24.4 Å². The van der Waals surface area contributed by atoms with Crippen molar-refractivity contribution in [2.24, 2.45) is 0 Å². The molecule has 2 rings (SSSR count). The normalized spacial score (nSPS) is 12.7. The molecule has 0 radical (unpaired) electrons. The van der Waals surface area contributed by atoms with Gasteiger partial charge in [0.05, 0.1) is 11.8 Å². The molecule has 0 unspecified atom stereocenters. The zero-order valence-electron chi connectivity index (χ0n) is 15.4. The smallest absolute Gasteiger partial charge is 0.319 e. The molecule has 1 aromatic carbocycles. The average Bonchev–Trinajstić information content (AvgIpc) is 3.21. The lowest BCUT2D eigenvalue weighted by atomic mass is 10.3. The van der Waals surface area contributed by atoms with E-state index in [2.05, 4.69) is 10.6 Å². The molecule has 150 valence electrons. The molecule has 2 aromatic rings. The van der Waals surface area contributed by atoms with Gasteiger partial charge in [-0.3, -0.25) is 14.4 Å². The maximum Gasteiger partial charge on any atom is 0.319 e. The van der Waals surface area contributed by atoms with E-state index in [9.17, 15) is 18.8 Å². The minimum atomic E-state index is -0.610. The first-order valence-corrected chi connectivity index (χ1v) is 10.4. The van der Waals surface area contributed by atoms with Gasteiger partial charge in [-0.1, -0.05) is 6.07 Å². The van der Waals surface area contributed by atoms with Gasteiger partial charge in [0.15, 0.2) is 6.61 Å². The number of nitrogens with one attached hydrogen (secondary N) is 2. The van der Waals surface area contributed by atoms with Crippen molar-refractivity contribution in [3.05, 3.63) is 52.5 Å². The van der Waals surface area contributed by atoms with Gasteiger partial charge in [-0.25, -0.2) is 4.39 Å². The van der Waals surface area contributed by atoms with Crippen LogP contribution in [-0.4, -0.2) is 35.4 Å². The van der Waals surface area contributed by atoms with E-state index in [0.717, 1.165) is 16.6 Å². The van der Waals surface area contributed by atoms with E-state index in [0.29, 0.717) is 5.69 Å². The Kier molecular flexibility index (Phi) is 8.46. The van der Waals surface area contributed by atoms with Crippen molar-refractivity contribution in [1.82, 2.24) is 5.32 Å². The summed E-state index contributed by atoms with van der Waals surface area (Å²) in [5.41, 5.74) is 0.471. The van der Waals surface area contributed by atoms with Gasteiger partial charge in [-0.05, 0) is 49.6 Å². The van der Waals surface area contributed by atoms with Crippen LogP contribution in [0, 0.1) is 5.82 Å². The van der Waals surface area contributed by atoms with Crippen molar-refractivity contribution in [2.45, 2.75) is 25.1 Å². The fourth-order valence-electron chi connectivity index (χ4n) is 2.14. The SMILES string of the molecule is C[C@H](SCC(=O)Nc1ccc(F)cc1)C(=O)OCC(=O)N[C@H](C)c1cccs1. The minimum absolute atomic E-state index is 0.0231. The second-order valence-corrected chi connectivity index (χ2v) is 8.23. The quantitative estimate of drug-likeness (QED) is 0.603. The van der Waals surface area contributed by atoms with Crippen molar-refractivity contribution in [2.75, 3.05) is 17.7 Å². The molecule has 2 atom stereocenters. The second-order valence-electron chi connectivity index (χ2n) is 5.92. The molecule has 0 spiro atoms. The Hall–Kier alpha value is -2.39. The first kappa shape index (κ1) is 21.9. The van der Waals surface area contributed by atoms with Crippen molar-refractivity contribution in [3.63, 3.8) is 0 Å². The number of esters is 1. The molecule has 6 nitrogen and oxygen atoms in total. The summed E-state index contributed by atoms with van der Waals surface area (Å²) in [7, 11) is 0. The summed E-state index contributed by atoms with van der Waals surface area (Å²) in [5.74, 6) is -1.65. The lowest BCUT2D eigenvalue weighted by molar-refractivity contribution is -0.147. The van der Waals surface area contributed by atoms with E-state index >= 15 is 0 Å². The monoisotopic (exact) mass is 424 g/mol. The highest BCUT2D eigenvalue weighted by Crippen LogP contribution is 2.18. The average molecular weight is 425 g/mol. The Morgan fingerprint density at radius 3 is 2.50 bits per heavy atom. The van der Waals surface area contributed by atoms with Gasteiger partial charge in [0.25, 0.3) is 5.91 Å². The summed E-state index contributed by atoms with van der Waals surface area (Å²) in [6, 6.07) is 9.04. The van der Waals surface area contributed by atoms with Crippen LogP contribution in [0.25, 0.3) is 0 Å². The van der Waals surface area contributed by atoms with Crippen molar-refractivity contribution in [3.8, 4) is 0 Å². The van der Waals surface area contributed by atoms with Crippen LogP contribution in [0.4, 0.5) is 10.1 Å². The van der Waals surface area contributed by atoms with E-state index in [1.54, 1.807) is 6.92 Å². The number of rotatable bonds is 9. The third-order valence-electron chi connectivity index (χ3n) is 3.62. The Labute approximate surface area is 170 Å². The maximum atomic E-state index is 12.8. The van der Waals surface area contributed by atoms with Gasteiger partial charge >= 0.3 is 5.97 Å². The lowest BCUT2D eigenvalue weighted by Crippen LogP contribution is -2.32. The third kappa shape index (κ3) is 7.32.